The Hall–Kier alpha value is -1.95. The molecule has 0 fully saturated rings. The SMILES string of the molecule is CC(Oc1ccc(F)cc1)C(O)(Cc1ncn[nH]1)C(C)(C)C. The van der Waals surface area contributed by atoms with Gasteiger partial charge in [0.25, 0.3) is 0 Å². The van der Waals surface area contributed by atoms with Gasteiger partial charge in [-0.25, -0.2) is 9.37 Å². The number of aromatic amines is 1. The Kier molecular flexibility index (Phi) is 4.51. The van der Waals surface area contributed by atoms with Crippen LogP contribution in [-0.4, -0.2) is 32.0 Å². The van der Waals surface area contributed by atoms with Crippen molar-refractivity contribution in [1.82, 2.24) is 15.2 Å². The van der Waals surface area contributed by atoms with Crippen molar-refractivity contribution in [2.24, 2.45) is 5.41 Å². The van der Waals surface area contributed by atoms with Crippen molar-refractivity contribution in [3.8, 4) is 5.75 Å². The highest BCUT2D eigenvalue weighted by Crippen LogP contribution is 2.37. The van der Waals surface area contributed by atoms with Crippen LogP contribution < -0.4 is 4.74 Å². The van der Waals surface area contributed by atoms with Gasteiger partial charge in [-0.15, -0.1) is 0 Å². The van der Waals surface area contributed by atoms with E-state index in [0.717, 1.165) is 0 Å². The van der Waals surface area contributed by atoms with Gasteiger partial charge in [0, 0.05) is 6.42 Å². The molecule has 120 valence electrons. The fraction of sp³-hybridized carbons (Fsp3) is 0.500. The van der Waals surface area contributed by atoms with E-state index in [2.05, 4.69) is 15.2 Å². The molecule has 22 heavy (non-hydrogen) atoms. The summed E-state index contributed by atoms with van der Waals surface area (Å²) in [6.45, 7) is 7.61. The molecule has 1 aromatic carbocycles. The highest BCUT2D eigenvalue weighted by atomic mass is 19.1. The van der Waals surface area contributed by atoms with Gasteiger partial charge in [0.1, 0.15) is 35.4 Å². The molecule has 0 bridgehead atoms. The number of H-pyrrole nitrogens is 1. The smallest absolute Gasteiger partial charge is 0.137 e. The van der Waals surface area contributed by atoms with Gasteiger partial charge in [-0.1, -0.05) is 20.8 Å². The van der Waals surface area contributed by atoms with E-state index in [4.69, 9.17) is 4.74 Å². The summed E-state index contributed by atoms with van der Waals surface area (Å²) in [4.78, 5) is 4.08. The lowest BCUT2D eigenvalue weighted by atomic mass is 9.71. The van der Waals surface area contributed by atoms with Crippen LogP contribution in [-0.2, 0) is 6.42 Å². The second kappa shape index (κ2) is 6.04. The van der Waals surface area contributed by atoms with Crippen LogP contribution in [0.1, 0.15) is 33.5 Å². The first kappa shape index (κ1) is 16.4. The Morgan fingerprint density at radius 2 is 1.91 bits per heavy atom. The molecule has 0 radical (unpaired) electrons. The van der Waals surface area contributed by atoms with Crippen molar-refractivity contribution < 1.29 is 14.2 Å². The molecule has 2 atom stereocenters. The molecule has 2 rings (SSSR count). The maximum Gasteiger partial charge on any atom is 0.137 e. The number of rotatable bonds is 5. The Bertz CT molecular complexity index is 593. The molecule has 0 spiro atoms. The molecule has 2 N–H and O–H groups in total. The molecule has 2 aromatic rings. The third-order valence-corrected chi connectivity index (χ3v) is 4.00. The minimum Gasteiger partial charge on any atom is -0.488 e. The van der Waals surface area contributed by atoms with Crippen LogP contribution in [0.5, 0.6) is 5.75 Å². The number of halogens is 1. The normalized spacial score (nSPS) is 16.1. The van der Waals surface area contributed by atoms with E-state index in [9.17, 15) is 9.50 Å². The maximum absolute atomic E-state index is 13.0. The molecule has 5 nitrogen and oxygen atoms in total. The van der Waals surface area contributed by atoms with E-state index in [0.29, 0.717) is 11.6 Å². The van der Waals surface area contributed by atoms with E-state index >= 15 is 0 Å². The standard InChI is InChI=1S/C16H22FN3O2/c1-11(22-13-7-5-12(17)6-8-13)16(21,15(2,3)4)9-14-18-10-19-20-14/h5-8,10-11,21H,9H2,1-4H3,(H,18,19,20). The van der Waals surface area contributed by atoms with Gasteiger partial charge in [-0.05, 0) is 36.6 Å². The molecule has 0 aliphatic rings. The lowest BCUT2D eigenvalue weighted by Gasteiger charge is -2.43. The summed E-state index contributed by atoms with van der Waals surface area (Å²) in [6.07, 6.45) is 1.16. The number of ether oxygens (including phenoxy) is 1. The van der Waals surface area contributed by atoms with Gasteiger partial charge in [0.15, 0.2) is 0 Å². The zero-order valence-electron chi connectivity index (χ0n) is 13.3. The summed E-state index contributed by atoms with van der Waals surface area (Å²) in [5.41, 5.74) is -1.64. The third kappa shape index (κ3) is 3.44. The third-order valence-electron chi connectivity index (χ3n) is 4.00. The molecule has 6 heteroatoms. The molecule has 0 saturated heterocycles. The largest absolute Gasteiger partial charge is 0.488 e. The zero-order chi connectivity index (χ0) is 16.4. The van der Waals surface area contributed by atoms with E-state index in [-0.39, 0.29) is 12.2 Å². The number of nitrogens with one attached hydrogen (secondary N) is 1. The van der Waals surface area contributed by atoms with Gasteiger partial charge >= 0.3 is 0 Å². The van der Waals surface area contributed by atoms with Crippen LogP contribution in [0.3, 0.4) is 0 Å². The molecule has 0 saturated carbocycles. The van der Waals surface area contributed by atoms with E-state index in [1.54, 1.807) is 19.1 Å². The van der Waals surface area contributed by atoms with Crippen molar-refractivity contribution in [3.63, 3.8) is 0 Å². The molecule has 0 aliphatic carbocycles. The Morgan fingerprint density at radius 1 is 1.27 bits per heavy atom. The van der Waals surface area contributed by atoms with Crippen LogP contribution in [0.2, 0.25) is 0 Å². The van der Waals surface area contributed by atoms with Crippen LogP contribution in [0.15, 0.2) is 30.6 Å². The fourth-order valence-corrected chi connectivity index (χ4v) is 2.40. The van der Waals surface area contributed by atoms with Gasteiger partial charge in [-0.2, -0.15) is 5.10 Å². The topological polar surface area (TPSA) is 71.0 Å². The van der Waals surface area contributed by atoms with Gasteiger partial charge in [0.05, 0.1) is 0 Å². The lowest BCUT2D eigenvalue weighted by molar-refractivity contribution is -0.126. The number of benzene rings is 1. The average molecular weight is 307 g/mol. The van der Waals surface area contributed by atoms with E-state index in [1.807, 2.05) is 20.8 Å². The summed E-state index contributed by atoms with van der Waals surface area (Å²) in [5.74, 6) is 0.772. The molecule has 0 aliphatic heterocycles. The highest BCUT2D eigenvalue weighted by molar-refractivity contribution is 5.23. The van der Waals surface area contributed by atoms with E-state index < -0.39 is 17.1 Å². The van der Waals surface area contributed by atoms with Crippen LogP contribution >= 0.6 is 0 Å². The first-order valence-electron chi connectivity index (χ1n) is 7.21. The van der Waals surface area contributed by atoms with Crippen LogP contribution in [0, 0.1) is 11.2 Å². The second-order valence-electron chi connectivity index (χ2n) is 6.50. The maximum atomic E-state index is 13.0. The first-order valence-corrected chi connectivity index (χ1v) is 7.21. The predicted molar refractivity (Wildman–Crippen MR) is 81.0 cm³/mol. The minimum atomic E-state index is -1.18. The summed E-state index contributed by atoms with van der Waals surface area (Å²) in [6, 6.07) is 5.75. The summed E-state index contributed by atoms with van der Waals surface area (Å²) < 4.78 is 18.8. The highest BCUT2D eigenvalue weighted by Gasteiger charge is 2.47. The molecular formula is C16H22FN3O2. The van der Waals surface area contributed by atoms with Crippen molar-refractivity contribution >= 4 is 0 Å². The zero-order valence-corrected chi connectivity index (χ0v) is 13.3. The van der Waals surface area contributed by atoms with Crippen molar-refractivity contribution in [2.75, 3.05) is 0 Å². The average Bonchev–Trinajstić information content (AvgIpc) is 2.92. The molecule has 1 heterocycles. The van der Waals surface area contributed by atoms with Gasteiger partial charge in [-0.3, -0.25) is 5.10 Å². The number of hydrogen-bond donors (Lipinski definition) is 2. The number of aromatic nitrogens is 3. The van der Waals surface area contributed by atoms with Crippen molar-refractivity contribution in [3.05, 3.63) is 42.2 Å². The van der Waals surface area contributed by atoms with Gasteiger partial charge in [0.2, 0.25) is 0 Å². The van der Waals surface area contributed by atoms with E-state index in [1.165, 1.54) is 18.5 Å². The quantitative estimate of drug-likeness (QED) is 0.891. The first-order chi connectivity index (χ1) is 10.2. The Morgan fingerprint density at radius 3 is 2.41 bits per heavy atom. The molecule has 2 unspecified atom stereocenters. The monoisotopic (exact) mass is 307 g/mol. The summed E-state index contributed by atoms with van der Waals surface area (Å²) >= 11 is 0. The summed E-state index contributed by atoms with van der Waals surface area (Å²) in [7, 11) is 0. The lowest BCUT2D eigenvalue weighted by Crippen LogP contribution is -2.55. The fourth-order valence-electron chi connectivity index (χ4n) is 2.40. The molecule has 0 amide bonds. The second-order valence-corrected chi connectivity index (χ2v) is 6.50. The molecular weight excluding hydrogens is 285 g/mol. The van der Waals surface area contributed by atoms with Crippen molar-refractivity contribution in [2.45, 2.75) is 45.8 Å². The molecule has 1 aromatic heterocycles. The number of nitrogens with zero attached hydrogens (tertiary/aromatic N) is 2. The number of hydrogen-bond acceptors (Lipinski definition) is 4. The van der Waals surface area contributed by atoms with Crippen LogP contribution in [0.25, 0.3) is 0 Å². The summed E-state index contributed by atoms with van der Waals surface area (Å²) in [5, 5.41) is 17.8. The van der Waals surface area contributed by atoms with Gasteiger partial charge < -0.3 is 9.84 Å². The Labute approximate surface area is 129 Å². The predicted octanol–water partition coefficient (Wildman–Crippen LogP) is 2.73. The minimum absolute atomic E-state index is 0.277. The number of aliphatic hydroxyl groups is 1. The Balaban J connectivity index is 2.22. The van der Waals surface area contributed by atoms with Crippen molar-refractivity contribution in [1.29, 1.82) is 0 Å². The van der Waals surface area contributed by atoms with Crippen LogP contribution in [0.4, 0.5) is 4.39 Å².